The molecule has 1 aliphatic rings. The molecular weight excluding hydrogens is 432 g/mol. The van der Waals surface area contributed by atoms with Gasteiger partial charge in [0, 0.05) is 49.2 Å². The molecular formula is C23H25ClN4O2S. The number of halogens is 1. The van der Waals surface area contributed by atoms with Crippen LogP contribution >= 0.6 is 23.1 Å². The normalized spacial score (nSPS) is 14.4. The second-order valence-corrected chi connectivity index (χ2v) is 8.71. The van der Waals surface area contributed by atoms with Crippen LogP contribution < -0.4 is 9.64 Å². The van der Waals surface area contributed by atoms with Crippen molar-refractivity contribution in [1.29, 1.82) is 0 Å². The van der Waals surface area contributed by atoms with Crippen molar-refractivity contribution in [2.24, 2.45) is 0 Å². The molecule has 0 unspecified atom stereocenters. The number of amides is 1. The highest BCUT2D eigenvalue weighted by Gasteiger charge is 2.21. The summed E-state index contributed by atoms with van der Waals surface area (Å²) in [4.78, 5) is 21.7. The number of benzene rings is 2. The molecule has 1 fully saturated rings. The Morgan fingerprint density at radius 2 is 1.77 bits per heavy atom. The molecule has 0 atom stereocenters. The quantitative estimate of drug-likeness (QED) is 0.559. The maximum absolute atomic E-state index is 12.8. The first-order valence-electron chi connectivity index (χ1n) is 10.3. The van der Waals surface area contributed by atoms with Crippen LogP contribution in [0.15, 0.2) is 48.5 Å². The van der Waals surface area contributed by atoms with Crippen LogP contribution in [0.25, 0.3) is 0 Å². The van der Waals surface area contributed by atoms with Crippen molar-refractivity contribution in [3.8, 4) is 5.75 Å². The molecule has 0 bridgehead atoms. The van der Waals surface area contributed by atoms with Crippen molar-refractivity contribution in [2.75, 3.05) is 38.2 Å². The number of hydrogen-bond donors (Lipinski definition) is 0. The van der Waals surface area contributed by atoms with Crippen molar-refractivity contribution >= 4 is 34.2 Å². The second kappa shape index (κ2) is 10.1. The third-order valence-electron chi connectivity index (χ3n) is 5.37. The zero-order chi connectivity index (χ0) is 21.6. The minimum atomic E-state index is 0.160. The van der Waals surface area contributed by atoms with Crippen LogP contribution in [0.1, 0.15) is 23.4 Å². The lowest BCUT2D eigenvalue weighted by Gasteiger charge is -2.21. The van der Waals surface area contributed by atoms with Gasteiger partial charge in [0.05, 0.1) is 13.5 Å². The molecule has 31 heavy (non-hydrogen) atoms. The topological polar surface area (TPSA) is 58.6 Å². The standard InChI is InChI=1S/C23H25ClN4O2S/c1-30-20-9-5-18(6-10-20)16-22(29)27-11-2-12-28(14-13-27)23-25-21(26-31-23)15-17-3-7-19(24)8-4-17/h3-10H,2,11-16H2,1H3. The number of nitrogens with zero attached hydrogens (tertiary/aromatic N) is 4. The van der Waals surface area contributed by atoms with Gasteiger partial charge in [-0.2, -0.15) is 4.37 Å². The monoisotopic (exact) mass is 456 g/mol. The summed E-state index contributed by atoms with van der Waals surface area (Å²) in [7, 11) is 1.64. The van der Waals surface area contributed by atoms with Crippen molar-refractivity contribution < 1.29 is 9.53 Å². The van der Waals surface area contributed by atoms with E-state index in [0.29, 0.717) is 19.4 Å². The van der Waals surface area contributed by atoms with E-state index in [1.165, 1.54) is 11.5 Å². The zero-order valence-corrected chi connectivity index (χ0v) is 19.0. The number of methoxy groups -OCH3 is 1. The average Bonchev–Trinajstić information content (AvgIpc) is 3.10. The van der Waals surface area contributed by atoms with Gasteiger partial charge in [-0.1, -0.05) is 35.9 Å². The molecule has 1 saturated heterocycles. The summed E-state index contributed by atoms with van der Waals surface area (Å²) in [5.74, 6) is 1.78. The Morgan fingerprint density at radius 3 is 2.52 bits per heavy atom. The van der Waals surface area contributed by atoms with Gasteiger partial charge in [-0.05, 0) is 41.8 Å². The van der Waals surface area contributed by atoms with E-state index in [2.05, 4.69) is 9.27 Å². The van der Waals surface area contributed by atoms with E-state index in [9.17, 15) is 4.79 Å². The second-order valence-electron chi connectivity index (χ2n) is 7.54. The molecule has 0 aliphatic carbocycles. The predicted octanol–water partition coefficient (Wildman–Crippen LogP) is 4.07. The van der Waals surface area contributed by atoms with Crippen LogP contribution in [0.4, 0.5) is 5.13 Å². The number of rotatable bonds is 6. The van der Waals surface area contributed by atoms with Gasteiger partial charge in [0.2, 0.25) is 11.0 Å². The van der Waals surface area contributed by atoms with E-state index in [1.807, 2.05) is 53.4 Å². The Labute approximate surface area is 191 Å². The van der Waals surface area contributed by atoms with E-state index in [1.54, 1.807) is 7.11 Å². The van der Waals surface area contributed by atoms with Crippen LogP contribution in [-0.4, -0.2) is 53.5 Å². The molecule has 0 N–H and O–H groups in total. The fourth-order valence-electron chi connectivity index (χ4n) is 3.62. The van der Waals surface area contributed by atoms with E-state index in [4.69, 9.17) is 21.3 Å². The Hall–Kier alpha value is -2.64. The molecule has 2 aromatic carbocycles. The van der Waals surface area contributed by atoms with E-state index in [-0.39, 0.29) is 5.91 Å². The summed E-state index contributed by atoms with van der Waals surface area (Å²) in [6.07, 6.45) is 2.02. The molecule has 1 aliphatic heterocycles. The smallest absolute Gasteiger partial charge is 0.227 e. The van der Waals surface area contributed by atoms with Crippen LogP contribution in [-0.2, 0) is 17.6 Å². The molecule has 0 radical (unpaired) electrons. The molecule has 0 saturated carbocycles. The summed E-state index contributed by atoms with van der Waals surface area (Å²) >= 11 is 7.39. The number of aromatic nitrogens is 2. The lowest BCUT2D eigenvalue weighted by atomic mass is 10.1. The average molecular weight is 457 g/mol. The predicted molar refractivity (Wildman–Crippen MR) is 124 cm³/mol. The molecule has 2 heterocycles. The fourth-order valence-corrected chi connectivity index (χ4v) is 4.48. The third-order valence-corrected chi connectivity index (χ3v) is 6.43. The molecule has 4 rings (SSSR count). The van der Waals surface area contributed by atoms with Gasteiger partial charge in [-0.3, -0.25) is 4.79 Å². The van der Waals surface area contributed by atoms with Crippen LogP contribution in [0.5, 0.6) is 5.75 Å². The van der Waals surface area contributed by atoms with Gasteiger partial charge in [0.1, 0.15) is 11.6 Å². The van der Waals surface area contributed by atoms with Crippen LogP contribution in [0.2, 0.25) is 5.02 Å². The third kappa shape index (κ3) is 5.74. The first-order chi connectivity index (χ1) is 15.1. The Bertz CT molecular complexity index is 1010. The van der Waals surface area contributed by atoms with Crippen molar-refractivity contribution in [3.63, 3.8) is 0 Å². The van der Waals surface area contributed by atoms with E-state index >= 15 is 0 Å². The number of ether oxygens (including phenoxy) is 1. The summed E-state index contributed by atoms with van der Waals surface area (Å²) in [5, 5.41) is 1.65. The molecule has 8 heteroatoms. The van der Waals surface area contributed by atoms with Gasteiger partial charge in [0.15, 0.2) is 0 Å². The van der Waals surface area contributed by atoms with Gasteiger partial charge in [-0.25, -0.2) is 4.98 Å². The highest BCUT2D eigenvalue weighted by Crippen LogP contribution is 2.21. The Balaban J connectivity index is 1.32. The zero-order valence-electron chi connectivity index (χ0n) is 17.5. The molecule has 6 nitrogen and oxygen atoms in total. The first-order valence-corrected chi connectivity index (χ1v) is 11.5. The minimum absolute atomic E-state index is 0.160. The number of hydrogen-bond acceptors (Lipinski definition) is 6. The number of anilines is 1. The molecule has 1 amide bonds. The van der Waals surface area contributed by atoms with Crippen molar-refractivity contribution in [1.82, 2.24) is 14.3 Å². The SMILES string of the molecule is COc1ccc(CC(=O)N2CCCN(c3nc(Cc4ccc(Cl)cc4)ns3)CC2)cc1. The Morgan fingerprint density at radius 1 is 1.03 bits per heavy atom. The maximum Gasteiger partial charge on any atom is 0.227 e. The molecule has 162 valence electrons. The van der Waals surface area contributed by atoms with Gasteiger partial charge >= 0.3 is 0 Å². The molecule has 1 aromatic heterocycles. The largest absolute Gasteiger partial charge is 0.497 e. The van der Waals surface area contributed by atoms with Crippen molar-refractivity contribution in [3.05, 3.63) is 70.5 Å². The van der Waals surface area contributed by atoms with Crippen LogP contribution in [0, 0.1) is 0 Å². The fraction of sp³-hybridized carbons (Fsp3) is 0.348. The lowest BCUT2D eigenvalue weighted by Crippen LogP contribution is -2.36. The lowest BCUT2D eigenvalue weighted by molar-refractivity contribution is -0.130. The van der Waals surface area contributed by atoms with E-state index < -0.39 is 0 Å². The van der Waals surface area contributed by atoms with Crippen LogP contribution in [0.3, 0.4) is 0 Å². The summed E-state index contributed by atoms with van der Waals surface area (Å²) in [6, 6.07) is 15.5. The summed E-state index contributed by atoms with van der Waals surface area (Å²) in [6.45, 7) is 3.11. The van der Waals surface area contributed by atoms with Crippen molar-refractivity contribution in [2.45, 2.75) is 19.3 Å². The molecule has 0 spiro atoms. The van der Waals surface area contributed by atoms with Gasteiger partial charge < -0.3 is 14.5 Å². The number of carbonyl (C=O) groups is 1. The summed E-state index contributed by atoms with van der Waals surface area (Å²) < 4.78 is 9.71. The number of carbonyl (C=O) groups excluding carboxylic acids is 1. The van der Waals surface area contributed by atoms with E-state index in [0.717, 1.165) is 58.9 Å². The van der Waals surface area contributed by atoms with Gasteiger partial charge in [0.25, 0.3) is 0 Å². The highest BCUT2D eigenvalue weighted by molar-refractivity contribution is 7.09. The minimum Gasteiger partial charge on any atom is -0.497 e. The highest BCUT2D eigenvalue weighted by atomic mass is 35.5. The summed E-state index contributed by atoms with van der Waals surface area (Å²) in [5.41, 5.74) is 2.14. The first kappa shape index (κ1) is 21.6. The Kier molecular flexibility index (Phi) is 7.04. The van der Waals surface area contributed by atoms with Gasteiger partial charge in [-0.15, -0.1) is 0 Å². The molecule has 3 aromatic rings. The maximum atomic E-state index is 12.8.